The van der Waals surface area contributed by atoms with Crippen molar-refractivity contribution < 1.29 is 4.74 Å². The maximum Gasteiger partial charge on any atom is 0.182 e. The van der Waals surface area contributed by atoms with Gasteiger partial charge in [-0.3, -0.25) is 5.10 Å². The Morgan fingerprint density at radius 1 is 1.04 bits per heavy atom. The molecular formula is C21H18N6O. The molecule has 0 saturated heterocycles. The summed E-state index contributed by atoms with van der Waals surface area (Å²) in [5.74, 6) is 1.53. The minimum atomic E-state index is 0.515. The van der Waals surface area contributed by atoms with E-state index in [0.29, 0.717) is 18.1 Å². The van der Waals surface area contributed by atoms with Crippen LogP contribution in [0.3, 0.4) is 0 Å². The van der Waals surface area contributed by atoms with Crippen LogP contribution >= 0.6 is 0 Å². The molecule has 7 heteroatoms. The first kappa shape index (κ1) is 16.4. The molecular weight excluding hydrogens is 352 g/mol. The van der Waals surface area contributed by atoms with Crippen LogP contribution in [-0.2, 0) is 6.61 Å². The lowest BCUT2D eigenvalue weighted by atomic mass is 10.1. The van der Waals surface area contributed by atoms with Gasteiger partial charge in [-0.05, 0) is 42.7 Å². The third-order valence-electron chi connectivity index (χ3n) is 4.88. The second-order valence-corrected chi connectivity index (χ2v) is 6.81. The van der Waals surface area contributed by atoms with Crippen molar-refractivity contribution in [1.29, 1.82) is 0 Å². The maximum atomic E-state index is 5.91. The molecule has 0 spiro atoms. The van der Waals surface area contributed by atoms with Crippen LogP contribution in [0.15, 0.2) is 55.0 Å². The number of hydrogen-bond donors (Lipinski definition) is 1. The quantitative estimate of drug-likeness (QED) is 0.519. The zero-order valence-electron chi connectivity index (χ0n) is 15.5. The van der Waals surface area contributed by atoms with E-state index in [1.807, 2.05) is 30.3 Å². The Kier molecular flexibility index (Phi) is 3.79. The van der Waals surface area contributed by atoms with Crippen molar-refractivity contribution in [2.45, 2.75) is 20.5 Å². The number of ether oxygens (including phenoxy) is 1. The smallest absolute Gasteiger partial charge is 0.182 e. The molecule has 0 fully saturated rings. The summed E-state index contributed by atoms with van der Waals surface area (Å²) in [6.07, 6.45) is 3.35. The third kappa shape index (κ3) is 2.87. The van der Waals surface area contributed by atoms with Crippen LogP contribution in [0.4, 0.5) is 0 Å². The van der Waals surface area contributed by atoms with E-state index >= 15 is 0 Å². The van der Waals surface area contributed by atoms with Gasteiger partial charge in [0.1, 0.15) is 18.7 Å². The van der Waals surface area contributed by atoms with Crippen molar-refractivity contribution in [3.8, 4) is 17.1 Å². The normalized spacial score (nSPS) is 11.4. The first-order valence-corrected chi connectivity index (χ1v) is 9.01. The first-order chi connectivity index (χ1) is 13.7. The molecule has 1 N–H and O–H groups in total. The van der Waals surface area contributed by atoms with Crippen molar-refractivity contribution in [1.82, 2.24) is 29.8 Å². The van der Waals surface area contributed by atoms with Crippen LogP contribution in [0.5, 0.6) is 5.75 Å². The predicted octanol–water partition coefficient (Wildman–Crippen LogP) is 3.86. The second kappa shape index (κ2) is 6.45. The fourth-order valence-corrected chi connectivity index (χ4v) is 3.08. The number of aryl methyl sites for hydroxylation is 2. The van der Waals surface area contributed by atoms with Crippen LogP contribution in [0.25, 0.3) is 28.1 Å². The molecule has 0 aliphatic heterocycles. The largest absolute Gasteiger partial charge is 0.489 e. The molecule has 3 aromatic heterocycles. The monoisotopic (exact) mass is 370 g/mol. The van der Waals surface area contributed by atoms with E-state index in [-0.39, 0.29) is 0 Å². The minimum Gasteiger partial charge on any atom is -0.489 e. The number of nitrogens with one attached hydrogen (secondary N) is 1. The minimum absolute atomic E-state index is 0.515. The highest BCUT2D eigenvalue weighted by molar-refractivity contribution is 5.88. The predicted molar refractivity (Wildman–Crippen MR) is 106 cm³/mol. The van der Waals surface area contributed by atoms with Crippen molar-refractivity contribution >= 4 is 16.7 Å². The Hall–Kier alpha value is -3.74. The molecule has 0 amide bonds. The summed E-state index contributed by atoms with van der Waals surface area (Å²) in [6, 6.07) is 14.2. The summed E-state index contributed by atoms with van der Waals surface area (Å²) >= 11 is 0. The van der Waals surface area contributed by atoms with Gasteiger partial charge in [0.05, 0.1) is 11.6 Å². The van der Waals surface area contributed by atoms with E-state index in [2.05, 4.69) is 51.2 Å². The molecule has 0 saturated carbocycles. The maximum absolute atomic E-state index is 5.91. The van der Waals surface area contributed by atoms with Gasteiger partial charge < -0.3 is 4.74 Å². The van der Waals surface area contributed by atoms with E-state index in [0.717, 1.165) is 27.9 Å². The van der Waals surface area contributed by atoms with Crippen molar-refractivity contribution in [3.63, 3.8) is 0 Å². The Bertz CT molecular complexity index is 1290. The van der Waals surface area contributed by atoms with Crippen LogP contribution in [-0.4, -0.2) is 29.8 Å². The van der Waals surface area contributed by atoms with Crippen LogP contribution in [0.2, 0.25) is 0 Å². The molecule has 0 aliphatic carbocycles. The van der Waals surface area contributed by atoms with Gasteiger partial charge in [-0.15, -0.1) is 5.10 Å². The van der Waals surface area contributed by atoms with Gasteiger partial charge in [-0.2, -0.15) is 5.10 Å². The van der Waals surface area contributed by atoms with Gasteiger partial charge in [0.25, 0.3) is 0 Å². The highest BCUT2D eigenvalue weighted by atomic mass is 16.5. The Morgan fingerprint density at radius 2 is 1.89 bits per heavy atom. The zero-order chi connectivity index (χ0) is 19.1. The molecule has 5 aromatic rings. The van der Waals surface area contributed by atoms with Crippen molar-refractivity contribution in [3.05, 3.63) is 71.7 Å². The number of fused-ring (bicyclic) bond motifs is 3. The zero-order valence-corrected chi connectivity index (χ0v) is 15.5. The number of aromatic amines is 1. The molecule has 3 heterocycles. The lowest BCUT2D eigenvalue weighted by molar-refractivity contribution is 0.306. The molecule has 0 unspecified atom stereocenters. The van der Waals surface area contributed by atoms with Gasteiger partial charge in [-0.25, -0.2) is 14.5 Å². The van der Waals surface area contributed by atoms with E-state index < -0.39 is 0 Å². The van der Waals surface area contributed by atoms with E-state index in [1.165, 1.54) is 11.1 Å². The van der Waals surface area contributed by atoms with Gasteiger partial charge in [0, 0.05) is 5.56 Å². The van der Waals surface area contributed by atoms with Crippen LogP contribution in [0, 0.1) is 13.8 Å². The Balaban J connectivity index is 1.37. The van der Waals surface area contributed by atoms with Gasteiger partial charge in [0.15, 0.2) is 17.1 Å². The SMILES string of the molecule is Cc1ccc(OCc2ccc(-c3nc4c5cn[nH]c5ncn4n3)cc2)cc1C. The van der Waals surface area contributed by atoms with Crippen LogP contribution < -0.4 is 4.74 Å². The second-order valence-electron chi connectivity index (χ2n) is 6.81. The number of rotatable bonds is 4. The summed E-state index contributed by atoms with van der Waals surface area (Å²) in [5, 5.41) is 12.2. The topological polar surface area (TPSA) is 81.0 Å². The molecule has 5 rings (SSSR count). The molecule has 0 radical (unpaired) electrons. The van der Waals surface area contributed by atoms with E-state index in [4.69, 9.17) is 4.74 Å². The first-order valence-electron chi connectivity index (χ1n) is 9.01. The molecule has 7 nitrogen and oxygen atoms in total. The molecule has 138 valence electrons. The van der Waals surface area contributed by atoms with Crippen molar-refractivity contribution in [2.75, 3.05) is 0 Å². The van der Waals surface area contributed by atoms with E-state index in [9.17, 15) is 0 Å². The van der Waals surface area contributed by atoms with Gasteiger partial charge in [-0.1, -0.05) is 30.3 Å². The summed E-state index contributed by atoms with van der Waals surface area (Å²) in [7, 11) is 0. The highest BCUT2D eigenvalue weighted by Crippen LogP contribution is 2.22. The number of H-pyrrole nitrogens is 1. The fourth-order valence-electron chi connectivity index (χ4n) is 3.08. The summed E-state index contributed by atoms with van der Waals surface area (Å²) < 4.78 is 7.58. The van der Waals surface area contributed by atoms with E-state index in [1.54, 1.807) is 17.0 Å². The van der Waals surface area contributed by atoms with Crippen LogP contribution in [0.1, 0.15) is 16.7 Å². The number of hydrogen-bond acceptors (Lipinski definition) is 5. The lowest BCUT2D eigenvalue weighted by Crippen LogP contribution is -1.96. The van der Waals surface area contributed by atoms with Crippen molar-refractivity contribution in [2.24, 2.45) is 0 Å². The standard InChI is InChI=1S/C21H18N6O/c1-13-3-8-17(9-14(13)2)28-11-15-4-6-16(7-5-15)19-24-21-18-10-23-25-20(18)22-12-27(21)26-19/h3-10,12H,11H2,1-2H3,(H,23,25). The van der Waals surface area contributed by atoms with Gasteiger partial charge >= 0.3 is 0 Å². The molecule has 2 aromatic carbocycles. The molecule has 28 heavy (non-hydrogen) atoms. The number of aromatic nitrogens is 6. The fraction of sp³-hybridized carbons (Fsp3) is 0.143. The lowest BCUT2D eigenvalue weighted by Gasteiger charge is -2.08. The molecule has 0 bridgehead atoms. The average molecular weight is 370 g/mol. The highest BCUT2D eigenvalue weighted by Gasteiger charge is 2.11. The third-order valence-corrected chi connectivity index (χ3v) is 4.88. The number of nitrogens with zero attached hydrogens (tertiary/aromatic N) is 5. The Labute approximate surface area is 161 Å². The summed E-state index contributed by atoms with van der Waals surface area (Å²) in [5.41, 5.74) is 5.95. The summed E-state index contributed by atoms with van der Waals surface area (Å²) in [4.78, 5) is 8.93. The van der Waals surface area contributed by atoms with Gasteiger partial charge in [0.2, 0.25) is 0 Å². The number of benzene rings is 2. The Morgan fingerprint density at radius 3 is 2.71 bits per heavy atom. The molecule has 0 aliphatic rings. The summed E-state index contributed by atoms with van der Waals surface area (Å²) in [6.45, 7) is 4.70. The average Bonchev–Trinajstić information content (AvgIpc) is 3.35. The molecule has 0 atom stereocenters.